The number of likely N-dealkylation sites (N-methyl/N-ethyl adjacent to an activating group) is 1. The van der Waals surface area contributed by atoms with E-state index in [1.165, 1.54) is 16.2 Å². The summed E-state index contributed by atoms with van der Waals surface area (Å²) in [6.45, 7) is 3.45. The Morgan fingerprint density at radius 3 is 2.79 bits per heavy atom. The molecule has 7 nitrogen and oxygen atoms in total. The van der Waals surface area contributed by atoms with Crippen molar-refractivity contribution in [2.45, 2.75) is 13.0 Å². The van der Waals surface area contributed by atoms with Crippen molar-refractivity contribution in [1.29, 1.82) is 0 Å². The molecule has 0 saturated carbocycles. The van der Waals surface area contributed by atoms with Gasteiger partial charge in [0.1, 0.15) is 6.04 Å². The molecule has 130 valence electrons. The number of hydrogen-bond donors (Lipinski definition) is 5. The highest BCUT2D eigenvalue weighted by Gasteiger charge is 2.14. The van der Waals surface area contributed by atoms with Crippen LogP contribution in [-0.4, -0.2) is 49.2 Å². The van der Waals surface area contributed by atoms with E-state index in [4.69, 9.17) is 12.2 Å². The Balaban J connectivity index is 1.76. The van der Waals surface area contributed by atoms with E-state index in [0.717, 1.165) is 23.3 Å². The van der Waals surface area contributed by atoms with E-state index in [9.17, 15) is 4.79 Å². The number of amides is 1. The molecule has 0 radical (unpaired) electrons. The first-order valence-electron chi connectivity index (χ1n) is 7.70. The zero-order valence-electron chi connectivity index (χ0n) is 14.0. The summed E-state index contributed by atoms with van der Waals surface area (Å²) in [4.78, 5) is 17.9. The Hall–Kier alpha value is -1.97. The Kier molecular flexibility index (Phi) is 6.71. The van der Waals surface area contributed by atoms with Crippen molar-refractivity contribution in [2.75, 3.05) is 32.5 Å². The number of nitrogens with one attached hydrogen (secondary N) is 5. The molecule has 0 aliphatic carbocycles. The maximum Gasteiger partial charge on any atom is 0.260 e. The Bertz CT molecular complexity index is 669. The average molecular weight is 368 g/mol. The number of thiocarbonyl (C=S) groups is 1. The van der Waals surface area contributed by atoms with E-state index in [2.05, 4.69) is 40.6 Å². The number of nitrogens with zero attached hydrogens (tertiary/aromatic N) is 1. The van der Waals surface area contributed by atoms with Gasteiger partial charge in [-0.2, -0.15) is 0 Å². The zero-order valence-corrected chi connectivity index (χ0v) is 15.6. The van der Waals surface area contributed by atoms with Crippen LogP contribution in [0.5, 0.6) is 0 Å². The molecule has 0 unspecified atom stereocenters. The second-order valence-electron chi connectivity index (χ2n) is 5.68. The fourth-order valence-corrected chi connectivity index (χ4v) is 2.99. The third-order valence-electron chi connectivity index (χ3n) is 3.24. The molecule has 1 atom stereocenters. The molecule has 5 N–H and O–H groups in total. The molecule has 0 aliphatic heterocycles. The van der Waals surface area contributed by atoms with Gasteiger partial charge in [0.2, 0.25) is 0 Å². The van der Waals surface area contributed by atoms with Gasteiger partial charge in [0, 0.05) is 0 Å². The van der Waals surface area contributed by atoms with Crippen LogP contribution in [0.25, 0.3) is 10.2 Å². The van der Waals surface area contributed by atoms with Crippen molar-refractivity contribution in [1.82, 2.24) is 21.2 Å². The van der Waals surface area contributed by atoms with Crippen LogP contribution in [0.3, 0.4) is 0 Å². The maximum atomic E-state index is 12.1. The highest BCUT2D eigenvalue weighted by atomic mass is 32.1. The molecular weight excluding hydrogens is 344 g/mol. The fourth-order valence-electron chi connectivity index (χ4n) is 1.88. The van der Waals surface area contributed by atoms with Crippen LogP contribution in [0.2, 0.25) is 0 Å². The van der Waals surface area contributed by atoms with Gasteiger partial charge in [0.25, 0.3) is 5.91 Å². The normalized spacial score (nSPS) is 12.0. The highest BCUT2D eigenvalue weighted by Crippen LogP contribution is 2.25. The first-order valence-corrected chi connectivity index (χ1v) is 8.93. The van der Waals surface area contributed by atoms with Crippen LogP contribution >= 0.6 is 23.6 Å². The van der Waals surface area contributed by atoms with Gasteiger partial charge in [-0.15, -0.1) is 0 Å². The van der Waals surface area contributed by atoms with Gasteiger partial charge in [-0.25, -0.2) is 4.98 Å². The average Bonchev–Trinajstić information content (AvgIpc) is 2.94. The molecule has 1 aromatic heterocycles. The Labute approximate surface area is 150 Å². The topological polar surface area (TPSA) is 82.5 Å². The van der Waals surface area contributed by atoms with Crippen LogP contribution in [0, 0.1) is 0 Å². The summed E-state index contributed by atoms with van der Waals surface area (Å²) in [5, 5.41) is 7.25. The molecular formula is C15H23N6OS2+. The molecule has 0 aliphatic rings. The molecule has 0 fully saturated rings. The van der Waals surface area contributed by atoms with Gasteiger partial charge in [0.15, 0.2) is 10.2 Å². The molecule has 0 saturated heterocycles. The summed E-state index contributed by atoms with van der Waals surface area (Å²) in [6.07, 6.45) is 0. The molecule has 1 amide bonds. The van der Waals surface area contributed by atoms with Gasteiger partial charge in [-0.05, 0) is 31.3 Å². The molecule has 0 bridgehead atoms. The number of para-hydroxylation sites is 1. The number of anilines is 1. The molecule has 2 aromatic rings. The molecule has 9 heteroatoms. The van der Waals surface area contributed by atoms with E-state index in [1.54, 1.807) is 6.92 Å². The van der Waals surface area contributed by atoms with Gasteiger partial charge in [0.05, 0.1) is 37.4 Å². The lowest BCUT2D eigenvalue weighted by Crippen LogP contribution is -3.06. The SMILES string of the molecule is C[C@@H](Nc1nc2ccccc2s1)C(=O)NNC(=S)NCC[NH+](C)C. The second-order valence-corrected chi connectivity index (χ2v) is 7.12. The Morgan fingerprint density at radius 2 is 2.08 bits per heavy atom. The smallest absolute Gasteiger partial charge is 0.260 e. The predicted molar refractivity (Wildman–Crippen MR) is 102 cm³/mol. The number of hydrazine groups is 1. The van der Waals surface area contributed by atoms with Gasteiger partial charge >= 0.3 is 0 Å². The number of aromatic nitrogens is 1. The van der Waals surface area contributed by atoms with E-state index in [0.29, 0.717) is 10.2 Å². The maximum absolute atomic E-state index is 12.1. The van der Waals surface area contributed by atoms with Crippen molar-refractivity contribution in [2.24, 2.45) is 0 Å². The summed E-state index contributed by atoms with van der Waals surface area (Å²) in [6, 6.07) is 7.42. The van der Waals surface area contributed by atoms with Crippen molar-refractivity contribution in [3.63, 3.8) is 0 Å². The summed E-state index contributed by atoms with van der Waals surface area (Å²) < 4.78 is 1.08. The van der Waals surface area contributed by atoms with Gasteiger partial charge in [-0.3, -0.25) is 15.6 Å². The number of fused-ring (bicyclic) bond motifs is 1. The summed E-state index contributed by atoms with van der Waals surface area (Å²) >= 11 is 6.63. The van der Waals surface area contributed by atoms with Gasteiger partial charge < -0.3 is 15.5 Å². The lowest BCUT2D eigenvalue weighted by molar-refractivity contribution is -0.856. The standard InChI is InChI=1S/C15H22N6OS2/c1-10(13(22)19-20-14(23)16-8-9-21(2)3)17-15-18-11-6-4-5-7-12(11)24-15/h4-7,10H,8-9H2,1-3H3,(H,17,18)(H,19,22)(H2,16,20,23)/p+1/t10-/m1/s1. The van der Waals surface area contributed by atoms with Crippen LogP contribution in [0.4, 0.5) is 5.13 Å². The molecule has 24 heavy (non-hydrogen) atoms. The molecule has 1 heterocycles. The minimum atomic E-state index is -0.438. The number of rotatable bonds is 6. The minimum absolute atomic E-state index is 0.211. The van der Waals surface area contributed by atoms with E-state index in [1.807, 2.05) is 24.3 Å². The first kappa shape index (κ1) is 18.4. The van der Waals surface area contributed by atoms with Crippen molar-refractivity contribution >= 4 is 49.9 Å². The van der Waals surface area contributed by atoms with E-state index >= 15 is 0 Å². The molecule has 1 aromatic carbocycles. The monoisotopic (exact) mass is 367 g/mol. The third-order valence-corrected chi connectivity index (χ3v) is 4.45. The minimum Gasteiger partial charge on any atom is -0.356 e. The van der Waals surface area contributed by atoms with Crippen LogP contribution in [-0.2, 0) is 4.79 Å². The summed E-state index contributed by atoms with van der Waals surface area (Å²) in [5.74, 6) is -0.211. The number of carbonyl (C=O) groups excluding carboxylic acids is 1. The number of carbonyl (C=O) groups is 1. The lowest BCUT2D eigenvalue weighted by atomic mass is 10.3. The second kappa shape index (κ2) is 8.76. The van der Waals surface area contributed by atoms with Crippen LogP contribution < -0.4 is 26.4 Å². The third kappa shape index (κ3) is 5.59. The van der Waals surface area contributed by atoms with E-state index in [-0.39, 0.29) is 5.91 Å². The highest BCUT2D eigenvalue weighted by molar-refractivity contribution is 7.80. The lowest BCUT2D eigenvalue weighted by Gasteiger charge is -2.16. The summed E-state index contributed by atoms with van der Waals surface area (Å²) in [7, 11) is 4.13. The largest absolute Gasteiger partial charge is 0.356 e. The van der Waals surface area contributed by atoms with Crippen molar-refractivity contribution < 1.29 is 9.69 Å². The predicted octanol–water partition coefficient (Wildman–Crippen LogP) is -0.263. The van der Waals surface area contributed by atoms with E-state index < -0.39 is 6.04 Å². The van der Waals surface area contributed by atoms with Crippen LogP contribution in [0.15, 0.2) is 24.3 Å². The van der Waals surface area contributed by atoms with Crippen LogP contribution in [0.1, 0.15) is 6.92 Å². The van der Waals surface area contributed by atoms with Gasteiger partial charge in [-0.1, -0.05) is 23.5 Å². The number of hydrogen-bond acceptors (Lipinski definition) is 5. The zero-order chi connectivity index (χ0) is 17.5. The number of thiazole rings is 1. The quantitative estimate of drug-likeness (QED) is 0.357. The fraction of sp³-hybridized carbons (Fsp3) is 0.400. The molecule has 0 spiro atoms. The first-order chi connectivity index (χ1) is 11.5. The van der Waals surface area contributed by atoms with Crippen molar-refractivity contribution in [3.05, 3.63) is 24.3 Å². The summed E-state index contributed by atoms with van der Waals surface area (Å²) in [5.41, 5.74) is 6.21. The number of benzene rings is 1. The Morgan fingerprint density at radius 1 is 1.33 bits per heavy atom. The number of quaternary nitrogens is 1. The van der Waals surface area contributed by atoms with Crippen molar-refractivity contribution in [3.8, 4) is 0 Å². The molecule has 2 rings (SSSR count).